The lowest BCUT2D eigenvalue weighted by Crippen LogP contribution is -2.13. The summed E-state index contributed by atoms with van der Waals surface area (Å²) in [5, 5.41) is 12.7. The highest BCUT2D eigenvalue weighted by molar-refractivity contribution is 6.02. The minimum atomic E-state index is -4.59. The molecule has 3 rings (SSSR count). The van der Waals surface area contributed by atoms with Crippen LogP contribution in [0.4, 0.5) is 28.9 Å². The summed E-state index contributed by atoms with van der Waals surface area (Å²) in [7, 11) is 1.45. The van der Waals surface area contributed by atoms with Gasteiger partial charge in [0.05, 0.1) is 28.9 Å². The van der Waals surface area contributed by atoms with Crippen molar-refractivity contribution < 1.29 is 27.4 Å². The van der Waals surface area contributed by atoms with Gasteiger partial charge in [-0.05, 0) is 30.3 Å². The number of benzene rings is 2. The Morgan fingerprint density at radius 3 is 2.75 bits per heavy atom. The Bertz CT molecular complexity index is 1010. The van der Waals surface area contributed by atoms with Gasteiger partial charge in [-0.25, -0.2) is 4.39 Å². The Balaban J connectivity index is 1.96. The van der Waals surface area contributed by atoms with Crippen molar-refractivity contribution in [1.29, 1.82) is 0 Å². The monoisotopic (exact) mass is 395 g/mol. The zero-order valence-corrected chi connectivity index (χ0v) is 14.8. The van der Waals surface area contributed by atoms with E-state index in [4.69, 9.17) is 4.74 Å². The number of methoxy groups -OCH3 is 1. The molecule has 2 aromatic carbocycles. The molecule has 0 unspecified atom stereocenters. The van der Waals surface area contributed by atoms with Crippen molar-refractivity contribution in [1.82, 2.24) is 4.98 Å². The molecule has 0 atom stereocenters. The van der Waals surface area contributed by atoms with Gasteiger partial charge in [0.1, 0.15) is 5.82 Å². The molecule has 9 heteroatoms. The molecule has 0 amide bonds. The van der Waals surface area contributed by atoms with Crippen LogP contribution in [0.2, 0.25) is 0 Å². The number of anilines is 1. The molecule has 0 saturated carbocycles. The Morgan fingerprint density at radius 1 is 1.25 bits per heavy atom. The van der Waals surface area contributed by atoms with Gasteiger partial charge in [0.15, 0.2) is 5.88 Å². The number of H-pyrrole nitrogens is 1. The first-order chi connectivity index (χ1) is 13.3. The number of rotatable bonds is 6. The number of aromatic hydroxyl groups is 1. The molecule has 3 aromatic rings. The quantitative estimate of drug-likeness (QED) is 0.318. The largest absolute Gasteiger partial charge is 0.494 e. The number of aliphatic imine (C=N–C) groups is 1. The summed E-state index contributed by atoms with van der Waals surface area (Å²) in [4.78, 5) is 6.59. The minimum Gasteiger partial charge on any atom is -0.494 e. The van der Waals surface area contributed by atoms with E-state index < -0.39 is 17.6 Å². The van der Waals surface area contributed by atoms with Crippen LogP contribution in [0.5, 0.6) is 5.88 Å². The fourth-order valence-corrected chi connectivity index (χ4v) is 2.77. The number of ether oxygens (including phenoxy) is 1. The van der Waals surface area contributed by atoms with E-state index in [0.29, 0.717) is 5.52 Å². The van der Waals surface area contributed by atoms with Gasteiger partial charge in [0.2, 0.25) is 0 Å². The van der Waals surface area contributed by atoms with Gasteiger partial charge in [-0.15, -0.1) is 0 Å². The van der Waals surface area contributed by atoms with Gasteiger partial charge < -0.3 is 20.1 Å². The lowest BCUT2D eigenvalue weighted by atomic mass is 10.1. The number of halogens is 4. The molecule has 0 spiro atoms. The van der Waals surface area contributed by atoms with E-state index in [0.717, 1.165) is 12.3 Å². The number of aromatic nitrogens is 1. The molecule has 1 heterocycles. The number of nitrogens with one attached hydrogen (secondary N) is 2. The summed E-state index contributed by atoms with van der Waals surface area (Å²) in [5.41, 5.74) is -0.552. The van der Waals surface area contributed by atoms with Crippen LogP contribution in [0.15, 0.2) is 41.4 Å². The average Bonchev–Trinajstić information content (AvgIpc) is 2.96. The third kappa shape index (κ3) is 4.09. The number of fused-ring (bicyclic) bond motifs is 1. The van der Waals surface area contributed by atoms with E-state index in [-0.39, 0.29) is 41.4 Å². The van der Waals surface area contributed by atoms with Gasteiger partial charge in [-0.3, -0.25) is 4.99 Å². The number of hydrogen-bond donors (Lipinski definition) is 3. The molecular formula is C19H17F4N3O2. The fourth-order valence-electron chi connectivity index (χ4n) is 2.77. The summed E-state index contributed by atoms with van der Waals surface area (Å²) in [6.45, 7) is 0.466. The fraction of sp³-hybridized carbons (Fsp3) is 0.211. The highest BCUT2D eigenvalue weighted by atomic mass is 19.4. The normalized spacial score (nSPS) is 12.2. The molecule has 0 aliphatic heterocycles. The van der Waals surface area contributed by atoms with Crippen molar-refractivity contribution in [3.63, 3.8) is 0 Å². The van der Waals surface area contributed by atoms with E-state index in [1.54, 1.807) is 6.07 Å². The van der Waals surface area contributed by atoms with Crippen molar-refractivity contribution in [3.05, 3.63) is 53.3 Å². The van der Waals surface area contributed by atoms with Crippen LogP contribution in [0, 0.1) is 5.82 Å². The number of alkyl halides is 3. The van der Waals surface area contributed by atoms with Gasteiger partial charge in [-0.1, -0.05) is 6.07 Å². The minimum absolute atomic E-state index is 0.00899. The van der Waals surface area contributed by atoms with Crippen LogP contribution in [0.25, 0.3) is 10.9 Å². The summed E-state index contributed by atoms with van der Waals surface area (Å²) < 4.78 is 58.9. The van der Waals surface area contributed by atoms with Crippen molar-refractivity contribution in [2.45, 2.75) is 6.18 Å². The third-order valence-electron chi connectivity index (χ3n) is 4.06. The van der Waals surface area contributed by atoms with Crippen molar-refractivity contribution >= 4 is 28.5 Å². The van der Waals surface area contributed by atoms with Gasteiger partial charge in [0, 0.05) is 30.9 Å². The third-order valence-corrected chi connectivity index (χ3v) is 4.06. The second-order valence-electron chi connectivity index (χ2n) is 5.96. The Labute approximate surface area is 157 Å². The second-order valence-corrected chi connectivity index (χ2v) is 5.96. The topological polar surface area (TPSA) is 69.6 Å². The summed E-state index contributed by atoms with van der Waals surface area (Å²) in [6.07, 6.45) is -3.46. The molecule has 0 saturated heterocycles. The molecule has 5 nitrogen and oxygen atoms in total. The van der Waals surface area contributed by atoms with Crippen LogP contribution in [0.3, 0.4) is 0 Å². The van der Waals surface area contributed by atoms with Gasteiger partial charge >= 0.3 is 6.18 Å². The van der Waals surface area contributed by atoms with E-state index in [1.807, 2.05) is 0 Å². The van der Waals surface area contributed by atoms with Crippen LogP contribution in [-0.2, 0) is 10.9 Å². The summed E-state index contributed by atoms with van der Waals surface area (Å²) in [5.74, 6) is -0.901. The SMILES string of the molecule is COCCNc1ccc(N=Cc2c(O)[nH]c3cccc(F)c23)cc1C(F)(F)F. The number of nitrogens with zero attached hydrogens (tertiary/aromatic N) is 1. The Hall–Kier alpha value is -3.07. The van der Waals surface area contributed by atoms with Crippen LogP contribution in [-0.4, -0.2) is 36.6 Å². The second kappa shape index (κ2) is 7.89. The zero-order chi connectivity index (χ0) is 20.3. The maximum atomic E-state index is 14.0. The molecule has 28 heavy (non-hydrogen) atoms. The maximum Gasteiger partial charge on any atom is 0.418 e. The first-order valence-electron chi connectivity index (χ1n) is 8.28. The van der Waals surface area contributed by atoms with Crippen LogP contribution < -0.4 is 5.32 Å². The predicted molar refractivity (Wildman–Crippen MR) is 99.0 cm³/mol. The first kappa shape index (κ1) is 19.7. The molecule has 1 aromatic heterocycles. The maximum absolute atomic E-state index is 14.0. The van der Waals surface area contributed by atoms with E-state index in [9.17, 15) is 22.7 Å². The Kier molecular flexibility index (Phi) is 5.55. The molecule has 3 N–H and O–H groups in total. The van der Waals surface area contributed by atoms with Crippen LogP contribution in [0.1, 0.15) is 11.1 Å². The smallest absolute Gasteiger partial charge is 0.418 e. The van der Waals surface area contributed by atoms with Crippen molar-refractivity contribution in [3.8, 4) is 5.88 Å². The molecule has 0 radical (unpaired) electrons. The van der Waals surface area contributed by atoms with Crippen molar-refractivity contribution in [2.24, 2.45) is 4.99 Å². The first-order valence-corrected chi connectivity index (χ1v) is 8.28. The molecule has 0 aliphatic rings. The van der Waals surface area contributed by atoms with Crippen LogP contribution >= 0.6 is 0 Å². The molecule has 148 valence electrons. The van der Waals surface area contributed by atoms with E-state index >= 15 is 0 Å². The molecular weight excluding hydrogens is 378 g/mol. The zero-order valence-electron chi connectivity index (χ0n) is 14.8. The number of aromatic amines is 1. The average molecular weight is 395 g/mol. The summed E-state index contributed by atoms with van der Waals surface area (Å²) in [6, 6.07) is 7.80. The van der Waals surface area contributed by atoms with Gasteiger partial charge in [-0.2, -0.15) is 13.2 Å². The highest BCUT2D eigenvalue weighted by Crippen LogP contribution is 2.37. The highest BCUT2D eigenvalue weighted by Gasteiger charge is 2.33. The van der Waals surface area contributed by atoms with Gasteiger partial charge in [0.25, 0.3) is 0 Å². The lowest BCUT2D eigenvalue weighted by molar-refractivity contribution is -0.136. The molecule has 0 aliphatic carbocycles. The molecule has 0 bridgehead atoms. The molecule has 0 fully saturated rings. The Morgan fingerprint density at radius 2 is 2.04 bits per heavy atom. The van der Waals surface area contributed by atoms with Crippen molar-refractivity contribution in [2.75, 3.05) is 25.6 Å². The van der Waals surface area contributed by atoms with E-state index in [1.165, 1.54) is 31.4 Å². The number of hydrogen-bond acceptors (Lipinski definition) is 4. The standard InChI is InChI=1S/C19H17F4N3O2/c1-28-8-7-24-15-6-5-11(9-13(15)19(21,22)23)25-10-12-17-14(20)3-2-4-16(17)26-18(12)27/h2-6,9-10,24,26-27H,7-8H2,1H3. The van der Waals surface area contributed by atoms with E-state index in [2.05, 4.69) is 15.3 Å². The predicted octanol–water partition coefficient (Wildman–Crippen LogP) is 4.84. The lowest BCUT2D eigenvalue weighted by Gasteiger charge is -2.15. The summed E-state index contributed by atoms with van der Waals surface area (Å²) >= 11 is 0.